The molecule has 1 aliphatic heterocycles. The van der Waals surface area contributed by atoms with Crippen molar-refractivity contribution in [3.8, 4) is 23.0 Å². The van der Waals surface area contributed by atoms with Gasteiger partial charge in [-0.05, 0) is 42.0 Å². The smallest absolute Gasteiger partial charge is 0.286 e. The number of nitrogens with zero attached hydrogens (tertiary/aromatic N) is 1. The Morgan fingerprint density at radius 2 is 1.63 bits per heavy atom. The summed E-state index contributed by atoms with van der Waals surface area (Å²) >= 11 is 0. The summed E-state index contributed by atoms with van der Waals surface area (Å²) in [6.07, 6.45) is 0. The highest BCUT2D eigenvalue weighted by molar-refractivity contribution is 5.99. The zero-order valence-electron chi connectivity index (χ0n) is 15.5. The van der Waals surface area contributed by atoms with Gasteiger partial charge in [-0.25, -0.2) is 4.39 Å². The molecule has 1 aliphatic rings. The van der Waals surface area contributed by atoms with E-state index in [4.69, 9.17) is 14.2 Å². The van der Waals surface area contributed by atoms with Gasteiger partial charge < -0.3 is 19.5 Å². The van der Waals surface area contributed by atoms with Crippen LogP contribution in [-0.2, 0) is 6.54 Å². The van der Waals surface area contributed by atoms with Gasteiger partial charge in [0.05, 0.1) is 11.0 Å². The van der Waals surface area contributed by atoms with Gasteiger partial charge >= 0.3 is 0 Å². The normalized spacial score (nSPS) is 11.8. The molecule has 0 radical (unpaired) electrons. The van der Waals surface area contributed by atoms with Crippen LogP contribution in [0.2, 0.25) is 0 Å². The Balaban J connectivity index is 1.42. The summed E-state index contributed by atoms with van der Waals surface area (Å²) in [5, 5.41) is 14.0. The first-order valence-electron chi connectivity index (χ1n) is 8.88. The molecule has 0 saturated carbocycles. The Kier molecular flexibility index (Phi) is 5.17. The second kappa shape index (κ2) is 8.08. The van der Waals surface area contributed by atoms with Crippen LogP contribution in [0.4, 0.5) is 10.1 Å². The number of hydrogen-bond donors (Lipinski definition) is 1. The quantitative estimate of drug-likeness (QED) is 0.483. The zero-order chi connectivity index (χ0) is 21.1. The number of benzene rings is 3. The van der Waals surface area contributed by atoms with Crippen LogP contribution in [0.5, 0.6) is 23.0 Å². The fraction of sp³-hybridized carbons (Fsp3) is 0.0952. The number of carbonyl (C=O) groups is 1. The fourth-order valence-corrected chi connectivity index (χ4v) is 2.86. The maximum atomic E-state index is 12.9. The molecule has 0 atom stereocenters. The van der Waals surface area contributed by atoms with Gasteiger partial charge in [0.2, 0.25) is 6.79 Å². The number of nitro benzene ring substituents is 1. The topological polar surface area (TPSA) is 99.9 Å². The van der Waals surface area contributed by atoms with E-state index in [1.807, 2.05) is 0 Å². The van der Waals surface area contributed by atoms with E-state index in [1.54, 1.807) is 24.3 Å². The summed E-state index contributed by atoms with van der Waals surface area (Å²) in [6, 6.07) is 15.0. The predicted octanol–water partition coefficient (Wildman–Crippen LogP) is 4.18. The lowest BCUT2D eigenvalue weighted by molar-refractivity contribution is -0.385. The van der Waals surface area contributed by atoms with Crippen LogP contribution < -0.4 is 19.5 Å². The Hall–Kier alpha value is -4.14. The molecule has 1 N–H and O–H groups in total. The van der Waals surface area contributed by atoms with Crippen molar-refractivity contribution in [1.82, 2.24) is 5.32 Å². The van der Waals surface area contributed by atoms with E-state index >= 15 is 0 Å². The van der Waals surface area contributed by atoms with Gasteiger partial charge in [-0.1, -0.05) is 12.1 Å². The molecule has 0 fully saturated rings. The number of amides is 1. The van der Waals surface area contributed by atoms with Crippen molar-refractivity contribution in [1.29, 1.82) is 0 Å². The van der Waals surface area contributed by atoms with E-state index in [-0.39, 0.29) is 41.9 Å². The zero-order valence-corrected chi connectivity index (χ0v) is 15.5. The molecular formula is C21H15FN2O6. The number of nitro groups is 1. The SMILES string of the molecule is O=C(NCc1ccc(Oc2ccc(F)cc2)cc1)c1cc2c(cc1[N+](=O)[O-])OCO2. The molecule has 3 aromatic rings. The van der Waals surface area contributed by atoms with Gasteiger partial charge in [-0.2, -0.15) is 0 Å². The van der Waals surface area contributed by atoms with Crippen LogP contribution in [0.1, 0.15) is 15.9 Å². The molecule has 0 unspecified atom stereocenters. The maximum absolute atomic E-state index is 12.9. The molecule has 30 heavy (non-hydrogen) atoms. The molecule has 1 heterocycles. The molecule has 0 aliphatic carbocycles. The van der Waals surface area contributed by atoms with Crippen molar-refractivity contribution in [3.63, 3.8) is 0 Å². The molecular weight excluding hydrogens is 395 g/mol. The summed E-state index contributed by atoms with van der Waals surface area (Å²) in [6.45, 7) is 0.102. The van der Waals surface area contributed by atoms with Crippen LogP contribution >= 0.6 is 0 Å². The first kappa shape index (κ1) is 19.2. The minimum Gasteiger partial charge on any atom is -0.457 e. The minimum atomic E-state index is -0.640. The van der Waals surface area contributed by atoms with E-state index in [2.05, 4.69) is 5.32 Å². The van der Waals surface area contributed by atoms with Crippen molar-refractivity contribution in [2.45, 2.75) is 6.54 Å². The average Bonchev–Trinajstić information content (AvgIpc) is 3.21. The number of fused-ring (bicyclic) bond motifs is 1. The molecule has 0 spiro atoms. The van der Waals surface area contributed by atoms with Crippen molar-refractivity contribution < 1.29 is 28.3 Å². The van der Waals surface area contributed by atoms with Crippen molar-refractivity contribution in [2.24, 2.45) is 0 Å². The Morgan fingerprint density at radius 1 is 1.03 bits per heavy atom. The third-order valence-electron chi connectivity index (χ3n) is 4.36. The Bertz CT molecular complexity index is 1100. The molecule has 0 aromatic heterocycles. The summed E-state index contributed by atoms with van der Waals surface area (Å²) < 4.78 is 28.9. The predicted molar refractivity (Wildman–Crippen MR) is 103 cm³/mol. The van der Waals surface area contributed by atoms with Crippen molar-refractivity contribution >= 4 is 11.6 Å². The largest absolute Gasteiger partial charge is 0.457 e. The Morgan fingerprint density at radius 3 is 2.27 bits per heavy atom. The van der Waals surface area contributed by atoms with Crippen LogP contribution in [0.25, 0.3) is 0 Å². The summed E-state index contributed by atoms with van der Waals surface area (Å²) in [5.74, 6) is 0.599. The van der Waals surface area contributed by atoms with E-state index < -0.39 is 10.8 Å². The number of nitrogens with one attached hydrogen (secondary N) is 1. The number of hydrogen-bond acceptors (Lipinski definition) is 6. The van der Waals surface area contributed by atoms with Gasteiger partial charge in [-0.15, -0.1) is 0 Å². The first-order chi connectivity index (χ1) is 14.5. The fourth-order valence-electron chi connectivity index (χ4n) is 2.86. The molecule has 8 nitrogen and oxygen atoms in total. The molecule has 0 saturated heterocycles. The van der Waals surface area contributed by atoms with E-state index in [9.17, 15) is 19.3 Å². The standard InChI is InChI=1S/C21H15FN2O6/c22-14-3-7-16(8-4-14)30-15-5-1-13(2-6-15)11-23-21(25)17-9-19-20(29-12-28-19)10-18(17)24(26)27/h1-10H,11-12H2,(H,23,25). The highest BCUT2D eigenvalue weighted by Gasteiger charge is 2.27. The number of halogens is 1. The van der Waals surface area contributed by atoms with Gasteiger partial charge in [0.15, 0.2) is 11.5 Å². The second-order valence-electron chi connectivity index (χ2n) is 6.36. The Labute approximate surface area is 170 Å². The lowest BCUT2D eigenvalue weighted by atomic mass is 10.1. The molecule has 4 rings (SSSR count). The van der Waals surface area contributed by atoms with E-state index in [1.165, 1.54) is 36.4 Å². The summed E-state index contributed by atoms with van der Waals surface area (Å²) in [4.78, 5) is 23.2. The second-order valence-corrected chi connectivity index (χ2v) is 6.36. The van der Waals surface area contributed by atoms with Gasteiger partial charge in [-0.3, -0.25) is 14.9 Å². The highest BCUT2D eigenvalue weighted by Crippen LogP contribution is 2.37. The van der Waals surface area contributed by atoms with Crippen LogP contribution in [0.15, 0.2) is 60.7 Å². The number of rotatable bonds is 6. The molecule has 3 aromatic carbocycles. The summed E-state index contributed by atoms with van der Waals surface area (Å²) in [5.41, 5.74) is 0.290. The third-order valence-corrected chi connectivity index (χ3v) is 4.36. The highest BCUT2D eigenvalue weighted by atomic mass is 19.1. The molecule has 9 heteroatoms. The molecule has 1 amide bonds. The number of carbonyl (C=O) groups excluding carboxylic acids is 1. The van der Waals surface area contributed by atoms with Crippen LogP contribution in [0, 0.1) is 15.9 Å². The lowest BCUT2D eigenvalue weighted by Crippen LogP contribution is -2.23. The van der Waals surface area contributed by atoms with E-state index in [0.717, 1.165) is 5.56 Å². The number of ether oxygens (including phenoxy) is 3. The maximum Gasteiger partial charge on any atom is 0.286 e. The van der Waals surface area contributed by atoms with Crippen LogP contribution in [-0.4, -0.2) is 17.6 Å². The van der Waals surface area contributed by atoms with Gasteiger partial charge in [0.1, 0.15) is 22.9 Å². The van der Waals surface area contributed by atoms with Crippen molar-refractivity contribution in [2.75, 3.05) is 6.79 Å². The third kappa shape index (κ3) is 4.14. The first-order valence-corrected chi connectivity index (χ1v) is 8.88. The van der Waals surface area contributed by atoms with Crippen molar-refractivity contribution in [3.05, 3.63) is 87.7 Å². The minimum absolute atomic E-state index is 0.0517. The van der Waals surface area contributed by atoms with Crippen LogP contribution in [0.3, 0.4) is 0 Å². The van der Waals surface area contributed by atoms with Gasteiger partial charge in [0, 0.05) is 12.6 Å². The molecule has 152 valence electrons. The monoisotopic (exact) mass is 410 g/mol. The van der Waals surface area contributed by atoms with E-state index in [0.29, 0.717) is 11.5 Å². The van der Waals surface area contributed by atoms with Gasteiger partial charge in [0.25, 0.3) is 11.6 Å². The lowest BCUT2D eigenvalue weighted by Gasteiger charge is -2.09. The average molecular weight is 410 g/mol. The summed E-state index contributed by atoms with van der Waals surface area (Å²) in [7, 11) is 0. The molecule has 0 bridgehead atoms.